The van der Waals surface area contributed by atoms with Crippen LogP contribution in [0.25, 0.3) is 0 Å². The van der Waals surface area contributed by atoms with E-state index in [-0.39, 0.29) is 5.78 Å². The van der Waals surface area contributed by atoms with Gasteiger partial charge in [-0.05, 0) is 32.1 Å². The molecule has 1 aromatic carbocycles. The van der Waals surface area contributed by atoms with Crippen LogP contribution in [0, 0.1) is 6.92 Å². The molecule has 0 aliphatic rings. The Hall–Kier alpha value is -1.61. The Morgan fingerprint density at radius 3 is 2.63 bits per heavy atom. The van der Waals surface area contributed by atoms with Gasteiger partial charge in [0.05, 0.1) is 12.1 Å². The minimum Gasteiger partial charge on any atom is -0.489 e. The van der Waals surface area contributed by atoms with E-state index in [1.54, 1.807) is 6.08 Å². The summed E-state index contributed by atoms with van der Waals surface area (Å²) in [4.78, 5) is 14.5. The molecular weight excluding hydrogens is 238 g/mol. The van der Waals surface area contributed by atoms with Gasteiger partial charge in [-0.25, -0.2) is 0 Å². The van der Waals surface area contributed by atoms with Gasteiger partial charge in [0.25, 0.3) is 0 Å². The summed E-state index contributed by atoms with van der Waals surface area (Å²) >= 11 is 0. The molecular formula is C16H23NO2. The fourth-order valence-electron chi connectivity index (χ4n) is 1.87. The highest BCUT2D eigenvalue weighted by atomic mass is 16.5. The second kappa shape index (κ2) is 7.74. The Bertz CT molecular complexity index is 436. The summed E-state index contributed by atoms with van der Waals surface area (Å²) in [6, 6.07) is 5.70. The smallest absolute Gasteiger partial charge is 0.180 e. The molecule has 0 saturated heterocycles. The van der Waals surface area contributed by atoms with E-state index in [1.807, 2.05) is 25.1 Å². The van der Waals surface area contributed by atoms with E-state index in [2.05, 4.69) is 25.3 Å². The number of benzene rings is 1. The molecule has 0 aromatic heterocycles. The normalized spacial score (nSPS) is 10.5. The van der Waals surface area contributed by atoms with Gasteiger partial charge in [0.15, 0.2) is 5.78 Å². The summed E-state index contributed by atoms with van der Waals surface area (Å²) < 4.78 is 5.55. The van der Waals surface area contributed by atoms with Crippen LogP contribution in [0.1, 0.15) is 29.8 Å². The summed E-state index contributed by atoms with van der Waals surface area (Å²) in [6.45, 7) is 12.3. The Morgan fingerprint density at radius 2 is 2.05 bits per heavy atom. The van der Waals surface area contributed by atoms with Crippen molar-refractivity contribution in [3.05, 3.63) is 42.0 Å². The van der Waals surface area contributed by atoms with E-state index in [4.69, 9.17) is 4.74 Å². The van der Waals surface area contributed by atoms with E-state index in [0.717, 1.165) is 18.7 Å². The average Bonchev–Trinajstić information content (AvgIpc) is 2.43. The largest absolute Gasteiger partial charge is 0.489 e. The van der Waals surface area contributed by atoms with Gasteiger partial charge >= 0.3 is 0 Å². The molecule has 1 aromatic rings. The van der Waals surface area contributed by atoms with Gasteiger partial charge < -0.3 is 4.74 Å². The number of aryl methyl sites for hydroxylation is 1. The fraction of sp³-hybridized carbons (Fsp3) is 0.438. The molecule has 0 amide bonds. The van der Waals surface area contributed by atoms with Gasteiger partial charge in [-0.1, -0.05) is 38.1 Å². The first-order valence-corrected chi connectivity index (χ1v) is 6.72. The Kier molecular flexibility index (Phi) is 6.30. The van der Waals surface area contributed by atoms with Crippen LogP contribution < -0.4 is 4.74 Å². The molecule has 3 heteroatoms. The highest BCUT2D eigenvalue weighted by Gasteiger charge is 2.15. The standard InChI is InChI=1S/C16H23NO2/c1-5-10-19-16-9-8-13(4)11-14(16)15(18)12-17(6-2)7-3/h5,8-9,11H,1,6-7,10,12H2,2-4H3. The summed E-state index contributed by atoms with van der Waals surface area (Å²) in [6.07, 6.45) is 1.68. The third-order valence-corrected chi connectivity index (χ3v) is 3.05. The summed E-state index contributed by atoms with van der Waals surface area (Å²) in [5.74, 6) is 0.745. The van der Waals surface area contributed by atoms with E-state index in [0.29, 0.717) is 24.5 Å². The number of rotatable bonds is 8. The lowest BCUT2D eigenvalue weighted by molar-refractivity contribution is 0.0934. The second-order valence-corrected chi connectivity index (χ2v) is 4.48. The molecule has 0 atom stereocenters. The maximum atomic E-state index is 12.4. The van der Waals surface area contributed by atoms with Crippen LogP contribution in [0.5, 0.6) is 5.75 Å². The SMILES string of the molecule is C=CCOc1ccc(C)cc1C(=O)CN(CC)CC. The van der Waals surface area contributed by atoms with Crippen LogP contribution in [0.15, 0.2) is 30.9 Å². The molecule has 0 radical (unpaired) electrons. The molecule has 0 spiro atoms. The van der Waals surface area contributed by atoms with Gasteiger partial charge in [0, 0.05) is 0 Å². The number of likely N-dealkylation sites (N-methyl/N-ethyl adjacent to an activating group) is 1. The van der Waals surface area contributed by atoms with Gasteiger partial charge in [0.1, 0.15) is 12.4 Å². The number of Topliss-reactive ketones (excluding diaryl/α,β-unsaturated/α-hetero) is 1. The minimum absolute atomic E-state index is 0.103. The van der Waals surface area contributed by atoms with Crippen molar-refractivity contribution in [2.75, 3.05) is 26.2 Å². The molecule has 0 saturated carbocycles. The number of hydrogen-bond donors (Lipinski definition) is 0. The maximum Gasteiger partial charge on any atom is 0.180 e. The third-order valence-electron chi connectivity index (χ3n) is 3.05. The van der Waals surface area contributed by atoms with E-state index < -0.39 is 0 Å². The topological polar surface area (TPSA) is 29.5 Å². The predicted molar refractivity (Wildman–Crippen MR) is 79.0 cm³/mol. The molecule has 0 heterocycles. The zero-order valence-electron chi connectivity index (χ0n) is 12.1. The highest BCUT2D eigenvalue weighted by Crippen LogP contribution is 2.21. The van der Waals surface area contributed by atoms with Gasteiger partial charge in [0.2, 0.25) is 0 Å². The first-order valence-electron chi connectivity index (χ1n) is 6.72. The van der Waals surface area contributed by atoms with Crippen molar-refractivity contribution in [1.82, 2.24) is 4.90 Å². The molecule has 0 N–H and O–H groups in total. The lowest BCUT2D eigenvalue weighted by atomic mass is 10.1. The quantitative estimate of drug-likeness (QED) is 0.532. The van der Waals surface area contributed by atoms with Gasteiger partial charge in [-0.15, -0.1) is 0 Å². The van der Waals surface area contributed by atoms with Crippen molar-refractivity contribution < 1.29 is 9.53 Å². The highest BCUT2D eigenvalue weighted by molar-refractivity contribution is 6.00. The van der Waals surface area contributed by atoms with Crippen molar-refractivity contribution in [2.24, 2.45) is 0 Å². The van der Waals surface area contributed by atoms with Crippen LogP contribution in [0.2, 0.25) is 0 Å². The number of ether oxygens (including phenoxy) is 1. The molecule has 0 unspecified atom stereocenters. The van der Waals surface area contributed by atoms with E-state index in [1.165, 1.54) is 0 Å². The zero-order chi connectivity index (χ0) is 14.3. The zero-order valence-corrected chi connectivity index (χ0v) is 12.1. The average molecular weight is 261 g/mol. The van der Waals surface area contributed by atoms with Crippen LogP contribution >= 0.6 is 0 Å². The fourth-order valence-corrected chi connectivity index (χ4v) is 1.87. The van der Waals surface area contributed by atoms with Gasteiger partial charge in [-0.3, -0.25) is 9.69 Å². The third kappa shape index (κ3) is 4.52. The first-order chi connectivity index (χ1) is 9.12. The lowest BCUT2D eigenvalue weighted by Crippen LogP contribution is -2.29. The molecule has 1 rings (SSSR count). The van der Waals surface area contributed by atoms with Crippen molar-refractivity contribution in [1.29, 1.82) is 0 Å². The maximum absolute atomic E-state index is 12.4. The van der Waals surface area contributed by atoms with E-state index in [9.17, 15) is 4.79 Å². The molecule has 3 nitrogen and oxygen atoms in total. The molecule has 19 heavy (non-hydrogen) atoms. The van der Waals surface area contributed by atoms with Crippen molar-refractivity contribution >= 4 is 5.78 Å². The number of ketones is 1. The number of hydrogen-bond acceptors (Lipinski definition) is 3. The first kappa shape index (κ1) is 15.4. The number of carbonyl (C=O) groups excluding carboxylic acids is 1. The number of nitrogens with zero attached hydrogens (tertiary/aromatic N) is 1. The Labute approximate surface area is 115 Å². The molecule has 0 bridgehead atoms. The van der Waals surface area contributed by atoms with Crippen LogP contribution in [-0.2, 0) is 0 Å². The lowest BCUT2D eigenvalue weighted by Gasteiger charge is -2.18. The Balaban J connectivity index is 2.92. The molecule has 0 aliphatic carbocycles. The molecule has 104 valence electrons. The summed E-state index contributed by atoms with van der Waals surface area (Å²) in [5.41, 5.74) is 1.72. The van der Waals surface area contributed by atoms with Crippen molar-refractivity contribution in [2.45, 2.75) is 20.8 Å². The van der Waals surface area contributed by atoms with Crippen molar-refractivity contribution in [3.8, 4) is 5.75 Å². The molecule has 0 aliphatic heterocycles. The van der Waals surface area contributed by atoms with Crippen LogP contribution in [0.4, 0.5) is 0 Å². The van der Waals surface area contributed by atoms with Crippen LogP contribution in [0.3, 0.4) is 0 Å². The Morgan fingerprint density at radius 1 is 1.37 bits per heavy atom. The summed E-state index contributed by atoms with van der Waals surface area (Å²) in [7, 11) is 0. The predicted octanol–water partition coefficient (Wildman–Crippen LogP) is 3.08. The van der Waals surface area contributed by atoms with Crippen LogP contribution in [-0.4, -0.2) is 36.9 Å². The van der Waals surface area contributed by atoms with Gasteiger partial charge in [-0.2, -0.15) is 0 Å². The minimum atomic E-state index is 0.103. The molecule has 0 fully saturated rings. The monoisotopic (exact) mass is 261 g/mol. The second-order valence-electron chi connectivity index (χ2n) is 4.48. The van der Waals surface area contributed by atoms with Crippen molar-refractivity contribution in [3.63, 3.8) is 0 Å². The van der Waals surface area contributed by atoms with E-state index >= 15 is 0 Å². The number of carbonyl (C=O) groups is 1. The summed E-state index contributed by atoms with van der Waals surface area (Å²) in [5, 5.41) is 0.